The third-order valence-corrected chi connectivity index (χ3v) is 10.1. The summed E-state index contributed by atoms with van der Waals surface area (Å²) in [6.07, 6.45) is 11.8. The molecule has 3 nitrogen and oxygen atoms in total. The number of fused-ring (bicyclic) bond motifs is 5. The maximum Gasteiger partial charge on any atom is 0.303 e. The first kappa shape index (κ1) is 19.5. The van der Waals surface area contributed by atoms with Crippen LogP contribution in [-0.2, 0) is 9.59 Å². The molecule has 4 rings (SSSR count). The molecular weight excluding hydrogens is 336 g/mol. The van der Waals surface area contributed by atoms with Crippen molar-refractivity contribution < 1.29 is 14.7 Å². The van der Waals surface area contributed by atoms with Gasteiger partial charge >= 0.3 is 5.97 Å². The van der Waals surface area contributed by atoms with Crippen molar-refractivity contribution in [3.8, 4) is 0 Å². The van der Waals surface area contributed by atoms with Crippen LogP contribution in [0.3, 0.4) is 0 Å². The highest BCUT2D eigenvalue weighted by atomic mass is 16.4. The highest BCUT2D eigenvalue weighted by Crippen LogP contribution is 2.68. The molecule has 3 heteroatoms. The van der Waals surface area contributed by atoms with Gasteiger partial charge in [0.25, 0.3) is 0 Å². The van der Waals surface area contributed by atoms with Gasteiger partial charge in [-0.3, -0.25) is 9.59 Å². The van der Waals surface area contributed by atoms with Crippen LogP contribution in [0.1, 0.15) is 91.4 Å². The topological polar surface area (TPSA) is 54.4 Å². The Morgan fingerprint density at radius 1 is 1.07 bits per heavy atom. The van der Waals surface area contributed by atoms with Gasteiger partial charge in [-0.05, 0) is 97.7 Å². The van der Waals surface area contributed by atoms with Gasteiger partial charge in [0.15, 0.2) is 0 Å². The molecule has 0 aliphatic heterocycles. The number of hydrogen-bond acceptors (Lipinski definition) is 2. The van der Waals surface area contributed by atoms with Crippen molar-refractivity contribution >= 4 is 11.8 Å². The standard InChI is InChI=1S/C24H38O3/c1-15(4-9-22(26)27)19-7-8-20-18-6-5-16-14-17(25)10-12-23(16,2)21(18)11-13-24(19,20)3/h15-16,18-21H,4-14H2,1-3H3,(H,26,27)/t15?,16-,18?,19?,20+,21?,23+,24-/m1/s1. The van der Waals surface area contributed by atoms with Gasteiger partial charge in [0.2, 0.25) is 0 Å². The minimum absolute atomic E-state index is 0.318. The van der Waals surface area contributed by atoms with Crippen LogP contribution in [0.25, 0.3) is 0 Å². The summed E-state index contributed by atoms with van der Waals surface area (Å²) in [5, 5.41) is 9.09. The maximum absolute atomic E-state index is 12.0. The number of aliphatic carboxylic acids is 1. The van der Waals surface area contributed by atoms with E-state index < -0.39 is 5.97 Å². The minimum atomic E-state index is -0.650. The largest absolute Gasteiger partial charge is 0.481 e. The number of carbonyl (C=O) groups excluding carboxylic acids is 1. The van der Waals surface area contributed by atoms with Crippen LogP contribution < -0.4 is 0 Å². The van der Waals surface area contributed by atoms with Gasteiger partial charge in [0.05, 0.1) is 0 Å². The lowest BCUT2D eigenvalue weighted by Gasteiger charge is -2.60. The van der Waals surface area contributed by atoms with E-state index in [-0.39, 0.29) is 0 Å². The number of carbonyl (C=O) groups is 2. The van der Waals surface area contributed by atoms with Gasteiger partial charge < -0.3 is 5.11 Å². The Labute approximate surface area is 164 Å². The molecule has 0 heterocycles. The molecule has 4 unspecified atom stereocenters. The van der Waals surface area contributed by atoms with E-state index in [1.54, 1.807) is 0 Å². The molecule has 0 spiro atoms. The lowest BCUT2D eigenvalue weighted by molar-refractivity contribution is -0.140. The number of hydrogen-bond donors (Lipinski definition) is 1. The number of Topliss-reactive ketones (excluding diaryl/α,β-unsaturated/α-hetero) is 1. The van der Waals surface area contributed by atoms with Gasteiger partial charge in [-0.1, -0.05) is 20.8 Å². The van der Waals surface area contributed by atoms with Crippen LogP contribution in [-0.4, -0.2) is 16.9 Å². The summed E-state index contributed by atoms with van der Waals surface area (Å²) in [5.41, 5.74) is 0.804. The Kier molecular flexibility index (Phi) is 4.96. The van der Waals surface area contributed by atoms with Crippen molar-refractivity contribution in [2.45, 2.75) is 91.4 Å². The molecule has 0 aromatic heterocycles. The first-order chi connectivity index (χ1) is 12.8. The molecule has 152 valence electrons. The van der Waals surface area contributed by atoms with Crippen molar-refractivity contribution in [3.63, 3.8) is 0 Å². The fourth-order valence-corrected chi connectivity index (χ4v) is 8.57. The van der Waals surface area contributed by atoms with E-state index in [9.17, 15) is 9.59 Å². The molecule has 0 amide bonds. The Hall–Kier alpha value is -0.860. The molecule has 0 bridgehead atoms. The summed E-state index contributed by atoms with van der Waals surface area (Å²) in [6, 6.07) is 0. The SMILES string of the molecule is CC(CCC(=O)O)C1CC[C@H]2C3CC[C@@H]4CC(=O)CC[C@]4(C)C3CC[C@]12C. The quantitative estimate of drug-likeness (QED) is 0.685. The highest BCUT2D eigenvalue weighted by Gasteiger charge is 2.60. The summed E-state index contributed by atoms with van der Waals surface area (Å²) < 4.78 is 0. The molecule has 8 atom stereocenters. The summed E-state index contributed by atoms with van der Waals surface area (Å²) >= 11 is 0. The van der Waals surface area contributed by atoms with Crippen molar-refractivity contribution in [2.24, 2.45) is 46.3 Å². The van der Waals surface area contributed by atoms with Crippen LogP contribution >= 0.6 is 0 Å². The molecule has 0 radical (unpaired) electrons. The molecule has 0 aromatic rings. The zero-order valence-corrected chi connectivity index (χ0v) is 17.5. The highest BCUT2D eigenvalue weighted by molar-refractivity contribution is 5.79. The number of carboxylic acids is 1. The lowest BCUT2D eigenvalue weighted by Crippen LogP contribution is -2.53. The monoisotopic (exact) mass is 374 g/mol. The fraction of sp³-hybridized carbons (Fsp3) is 0.917. The zero-order chi connectivity index (χ0) is 19.4. The molecular formula is C24H38O3. The Morgan fingerprint density at radius 3 is 2.56 bits per heavy atom. The average molecular weight is 375 g/mol. The lowest BCUT2D eigenvalue weighted by atomic mass is 9.44. The Balaban J connectivity index is 1.52. The number of rotatable bonds is 4. The summed E-state index contributed by atoms with van der Waals surface area (Å²) in [6.45, 7) is 7.37. The summed E-state index contributed by atoms with van der Waals surface area (Å²) in [5.74, 6) is 4.19. The predicted molar refractivity (Wildman–Crippen MR) is 106 cm³/mol. The van der Waals surface area contributed by atoms with E-state index in [2.05, 4.69) is 20.8 Å². The van der Waals surface area contributed by atoms with E-state index in [4.69, 9.17) is 5.11 Å². The third kappa shape index (κ3) is 3.08. The number of ketones is 1. The van der Waals surface area contributed by atoms with E-state index >= 15 is 0 Å². The normalized spacial score (nSPS) is 47.7. The second-order valence-corrected chi connectivity index (χ2v) is 11.0. The minimum Gasteiger partial charge on any atom is -0.481 e. The van der Waals surface area contributed by atoms with Gasteiger partial charge in [-0.2, -0.15) is 0 Å². The van der Waals surface area contributed by atoms with Crippen molar-refractivity contribution in [2.75, 3.05) is 0 Å². The van der Waals surface area contributed by atoms with E-state index in [0.29, 0.717) is 40.8 Å². The molecule has 27 heavy (non-hydrogen) atoms. The second kappa shape index (κ2) is 6.88. The van der Waals surface area contributed by atoms with Crippen LogP contribution in [0.15, 0.2) is 0 Å². The van der Waals surface area contributed by atoms with E-state index in [1.807, 2.05) is 0 Å². The molecule has 1 N–H and O–H groups in total. The second-order valence-electron chi connectivity index (χ2n) is 11.0. The van der Waals surface area contributed by atoms with Crippen LogP contribution in [0, 0.1) is 46.3 Å². The first-order valence-corrected chi connectivity index (χ1v) is 11.5. The van der Waals surface area contributed by atoms with Gasteiger partial charge in [0.1, 0.15) is 5.78 Å². The van der Waals surface area contributed by atoms with Crippen LogP contribution in [0.4, 0.5) is 0 Å². The summed E-state index contributed by atoms with van der Waals surface area (Å²) in [7, 11) is 0. The first-order valence-electron chi connectivity index (χ1n) is 11.5. The van der Waals surface area contributed by atoms with Gasteiger partial charge in [-0.25, -0.2) is 0 Å². The predicted octanol–water partition coefficient (Wildman–Crippen LogP) is 5.72. The molecule has 0 aromatic carbocycles. The van der Waals surface area contributed by atoms with Gasteiger partial charge in [0, 0.05) is 19.3 Å². The molecule has 0 saturated heterocycles. The Bertz CT molecular complexity index is 613. The average Bonchev–Trinajstić information content (AvgIpc) is 2.97. The smallest absolute Gasteiger partial charge is 0.303 e. The zero-order valence-electron chi connectivity index (χ0n) is 17.5. The molecule has 4 aliphatic rings. The van der Waals surface area contributed by atoms with E-state index in [0.717, 1.165) is 43.4 Å². The van der Waals surface area contributed by atoms with Crippen LogP contribution in [0.2, 0.25) is 0 Å². The van der Waals surface area contributed by atoms with Gasteiger partial charge in [-0.15, -0.1) is 0 Å². The van der Waals surface area contributed by atoms with Crippen LogP contribution in [0.5, 0.6) is 0 Å². The number of carboxylic acid groups (broad SMARTS) is 1. The fourth-order valence-electron chi connectivity index (χ4n) is 8.57. The molecule has 4 fully saturated rings. The maximum atomic E-state index is 12.0. The van der Waals surface area contributed by atoms with Crippen molar-refractivity contribution in [1.82, 2.24) is 0 Å². The molecule has 4 aliphatic carbocycles. The molecule has 4 saturated carbocycles. The van der Waals surface area contributed by atoms with Crippen molar-refractivity contribution in [1.29, 1.82) is 0 Å². The van der Waals surface area contributed by atoms with Crippen molar-refractivity contribution in [3.05, 3.63) is 0 Å². The Morgan fingerprint density at radius 2 is 1.81 bits per heavy atom. The third-order valence-electron chi connectivity index (χ3n) is 10.1. The summed E-state index contributed by atoms with van der Waals surface area (Å²) in [4.78, 5) is 23.1. The van der Waals surface area contributed by atoms with E-state index in [1.165, 1.54) is 38.5 Å².